The number of hydrogen-bond acceptors (Lipinski definition) is 3. The topological polar surface area (TPSA) is 21.7 Å². The summed E-state index contributed by atoms with van der Waals surface area (Å²) in [6, 6.07) is 6.19. The van der Waals surface area contributed by atoms with Gasteiger partial charge < -0.3 is 14.4 Å². The average Bonchev–Trinajstić information content (AvgIpc) is 2.46. The first-order chi connectivity index (χ1) is 9.70. The van der Waals surface area contributed by atoms with Gasteiger partial charge >= 0.3 is 0 Å². The second-order valence-electron chi connectivity index (χ2n) is 5.38. The Hall–Kier alpha value is -0.930. The van der Waals surface area contributed by atoms with Crippen LogP contribution in [0.1, 0.15) is 32.6 Å². The largest absolute Gasteiger partial charge is 0.493 e. The highest BCUT2D eigenvalue weighted by molar-refractivity contribution is 6.30. The summed E-state index contributed by atoms with van der Waals surface area (Å²) >= 11 is 5.93. The normalized spacial score (nSPS) is 19.9. The van der Waals surface area contributed by atoms with Gasteiger partial charge in [-0.25, -0.2) is 0 Å². The van der Waals surface area contributed by atoms with E-state index in [1.807, 2.05) is 12.1 Å². The smallest absolute Gasteiger partial charge is 0.162 e. The lowest BCUT2D eigenvalue weighted by atomic mass is 10.0. The van der Waals surface area contributed by atoms with E-state index in [9.17, 15) is 0 Å². The molecule has 1 aliphatic rings. The van der Waals surface area contributed by atoms with Crippen LogP contribution < -0.4 is 9.47 Å². The molecule has 20 heavy (non-hydrogen) atoms. The summed E-state index contributed by atoms with van der Waals surface area (Å²) in [5.74, 6) is 1.47. The van der Waals surface area contributed by atoms with E-state index in [1.54, 1.807) is 13.2 Å². The molecule has 0 saturated carbocycles. The number of halogens is 1. The van der Waals surface area contributed by atoms with Crippen LogP contribution in [0.15, 0.2) is 18.2 Å². The van der Waals surface area contributed by atoms with E-state index in [-0.39, 0.29) is 0 Å². The molecule has 0 radical (unpaired) electrons. The van der Waals surface area contributed by atoms with Crippen LogP contribution in [-0.4, -0.2) is 37.7 Å². The second-order valence-corrected chi connectivity index (χ2v) is 5.81. The van der Waals surface area contributed by atoms with Gasteiger partial charge in [0.25, 0.3) is 0 Å². The van der Waals surface area contributed by atoms with Crippen molar-refractivity contribution in [3.05, 3.63) is 23.2 Å². The van der Waals surface area contributed by atoms with Gasteiger partial charge in [-0.2, -0.15) is 0 Å². The molecule has 1 fully saturated rings. The number of rotatable bonds is 6. The molecular weight excluding hydrogens is 274 g/mol. The fourth-order valence-electron chi connectivity index (χ4n) is 2.70. The van der Waals surface area contributed by atoms with Crippen molar-refractivity contribution in [2.45, 2.75) is 38.6 Å². The lowest BCUT2D eigenvalue weighted by Crippen LogP contribution is -2.38. The van der Waals surface area contributed by atoms with E-state index in [0.29, 0.717) is 23.4 Å². The van der Waals surface area contributed by atoms with Gasteiger partial charge in [-0.15, -0.1) is 0 Å². The first kappa shape index (κ1) is 15.5. The van der Waals surface area contributed by atoms with Crippen molar-refractivity contribution in [2.24, 2.45) is 0 Å². The third kappa shape index (κ3) is 4.29. The Bertz CT molecular complexity index is 425. The van der Waals surface area contributed by atoms with Crippen LogP contribution in [0.3, 0.4) is 0 Å². The zero-order valence-corrected chi connectivity index (χ0v) is 13.2. The van der Waals surface area contributed by atoms with Gasteiger partial charge in [0.1, 0.15) is 0 Å². The SMILES string of the molecule is COc1cc(Cl)ccc1OCCCN1CCCCC1C. The fraction of sp³-hybridized carbons (Fsp3) is 0.625. The molecule has 1 heterocycles. The van der Waals surface area contributed by atoms with Crippen LogP contribution in [-0.2, 0) is 0 Å². The minimum absolute atomic E-state index is 0.663. The molecule has 1 atom stereocenters. The third-order valence-electron chi connectivity index (χ3n) is 3.91. The van der Waals surface area contributed by atoms with E-state index < -0.39 is 0 Å². The van der Waals surface area contributed by atoms with Crippen LogP contribution in [0.4, 0.5) is 0 Å². The van der Waals surface area contributed by atoms with Gasteiger partial charge in [-0.1, -0.05) is 18.0 Å². The Morgan fingerprint density at radius 2 is 2.15 bits per heavy atom. The maximum Gasteiger partial charge on any atom is 0.162 e. The molecule has 0 spiro atoms. The second kappa shape index (κ2) is 7.75. The maximum atomic E-state index is 5.93. The van der Waals surface area contributed by atoms with Crippen LogP contribution in [0.25, 0.3) is 0 Å². The van der Waals surface area contributed by atoms with Crippen molar-refractivity contribution in [1.82, 2.24) is 4.90 Å². The monoisotopic (exact) mass is 297 g/mol. The van der Waals surface area contributed by atoms with E-state index in [1.165, 1.54) is 25.8 Å². The minimum atomic E-state index is 0.663. The molecule has 1 aromatic carbocycles. The van der Waals surface area contributed by atoms with Crippen molar-refractivity contribution in [2.75, 3.05) is 26.8 Å². The molecule has 0 aromatic heterocycles. The number of methoxy groups -OCH3 is 1. The first-order valence-corrected chi connectivity index (χ1v) is 7.79. The Morgan fingerprint density at radius 1 is 1.30 bits per heavy atom. The highest BCUT2D eigenvalue weighted by Gasteiger charge is 2.17. The number of piperidine rings is 1. The molecule has 4 heteroatoms. The molecule has 0 aliphatic carbocycles. The molecule has 1 unspecified atom stereocenters. The summed E-state index contributed by atoms with van der Waals surface area (Å²) in [5.41, 5.74) is 0. The number of benzene rings is 1. The van der Waals surface area contributed by atoms with E-state index in [4.69, 9.17) is 21.1 Å². The number of nitrogens with zero attached hydrogens (tertiary/aromatic N) is 1. The molecule has 1 aromatic rings. The predicted molar refractivity (Wildman–Crippen MR) is 83.0 cm³/mol. The van der Waals surface area contributed by atoms with Crippen LogP contribution >= 0.6 is 11.6 Å². The fourth-order valence-corrected chi connectivity index (χ4v) is 2.86. The highest BCUT2D eigenvalue weighted by atomic mass is 35.5. The van der Waals surface area contributed by atoms with E-state index in [0.717, 1.165) is 18.7 Å². The Balaban J connectivity index is 1.75. The van der Waals surface area contributed by atoms with Crippen molar-refractivity contribution in [1.29, 1.82) is 0 Å². The predicted octanol–water partition coefficient (Wildman–Crippen LogP) is 3.99. The average molecular weight is 298 g/mol. The lowest BCUT2D eigenvalue weighted by molar-refractivity contribution is 0.148. The van der Waals surface area contributed by atoms with Gasteiger partial charge in [0.05, 0.1) is 13.7 Å². The van der Waals surface area contributed by atoms with E-state index in [2.05, 4.69) is 11.8 Å². The van der Waals surface area contributed by atoms with Crippen molar-refractivity contribution < 1.29 is 9.47 Å². The molecule has 0 bridgehead atoms. The molecule has 1 aliphatic heterocycles. The summed E-state index contributed by atoms with van der Waals surface area (Å²) in [4.78, 5) is 2.56. The standard InChI is InChI=1S/C16H24ClNO2/c1-13-6-3-4-9-18(13)10-5-11-20-15-8-7-14(17)12-16(15)19-2/h7-8,12-13H,3-6,9-11H2,1-2H3. The number of ether oxygens (including phenoxy) is 2. The number of hydrogen-bond donors (Lipinski definition) is 0. The molecule has 112 valence electrons. The molecular formula is C16H24ClNO2. The van der Waals surface area contributed by atoms with Gasteiger partial charge in [0, 0.05) is 23.7 Å². The van der Waals surface area contributed by atoms with Crippen molar-refractivity contribution in [3.8, 4) is 11.5 Å². The van der Waals surface area contributed by atoms with Gasteiger partial charge in [0.15, 0.2) is 11.5 Å². The third-order valence-corrected chi connectivity index (χ3v) is 4.15. The Kier molecular flexibility index (Phi) is 5.99. The summed E-state index contributed by atoms with van der Waals surface area (Å²) in [6.45, 7) is 5.37. The Labute approximate surface area is 126 Å². The van der Waals surface area contributed by atoms with Gasteiger partial charge in [-0.3, -0.25) is 0 Å². The minimum Gasteiger partial charge on any atom is -0.493 e. The first-order valence-electron chi connectivity index (χ1n) is 7.41. The zero-order chi connectivity index (χ0) is 14.4. The molecule has 0 N–H and O–H groups in total. The van der Waals surface area contributed by atoms with Crippen LogP contribution in [0.5, 0.6) is 11.5 Å². The summed E-state index contributed by atoms with van der Waals surface area (Å²) in [7, 11) is 1.63. The molecule has 0 amide bonds. The van der Waals surface area contributed by atoms with Gasteiger partial charge in [0.2, 0.25) is 0 Å². The summed E-state index contributed by atoms with van der Waals surface area (Å²) in [5, 5.41) is 0.663. The quantitative estimate of drug-likeness (QED) is 0.741. The van der Waals surface area contributed by atoms with Crippen LogP contribution in [0, 0.1) is 0 Å². The zero-order valence-electron chi connectivity index (χ0n) is 12.4. The highest BCUT2D eigenvalue weighted by Crippen LogP contribution is 2.30. The lowest BCUT2D eigenvalue weighted by Gasteiger charge is -2.33. The summed E-state index contributed by atoms with van der Waals surface area (Å²) in [6.07, 6.45) is 5.06. The van der Waals surface area contributed by atoms with E-state index >= 15 is 0 Å². The maximum absolute atomic E-state index is 5.93. The van der Waals surface area contributed by atoms with Crippen molar-refractivity contribution in [3.63, 3.8) is 0 Å². The number of likely N-dealkylation sites (tertiary alicyclic amines) is 1. The van der Waals surface area contributed by atoms with Gasteiger partial charge in [-0.05, 0) is 44.9 Å². The Morgan fingerprint density at radius 3 is 2.90 bits per heavy atom. The molecule has 1 saturated heterocycles. The summed E-state index contributed by atoms with van der Waals surface area (Å²) < 4.78 is 11.1. The molecule has 3 nitrogen and oxygen atoms in total. The molecule has 2 rings (SSSR count). The van der Waals surface area contributed by atoms with Crippen molar-refractivity contribution >= 4 is 11.6 Å². The van der Waals surface area contributed by atoms with Crippen LogP contribution in [0.2, 0.25) is 5.02 Å².